The van der Waals surface area contributed by atoms with Gasteiger partial charge in [0, 0.05) is 20.0 Å². The zero-order valence-corrected chi connectivity index (χ0v) is 15.2. The molecule has 3 rings (SSSR count). The molecule has 0 aromatic heterocycles. The predicted octanol–water partition coefficient (Wildman–Crippen LogP) is -0.314. The Morgan fingerprint density at radius 2 is 2.07 bits per heavy atom. The van der Waals surface area contributed by atoms with Gasteiger partial charge >= 0.3 is 6.09 Å². The Hall–Kier alpha value is -2.92. The number of anilines is 2. The first-order valence-electron chi connectivity index (χ1n) is 8.68. The van der Waals surface area contributed by atoms with Crippen LogP contribution >= 0.6 is 0 Å². The van der Waals surface area contributed by atoms with Crippen molar-refractivity contribution in [3.05, 3.63) is 24.0 Å². The van der Waals surface area contributed by atoms with Gasteiger partial charge in [0.25, 0.3) is 0 Å². The Kier molecular flexibility index (Phi) is 5.66. The molecule has 0 bridgehead atoms. The third kappa shape index (κ3) is 4.15. The van der Waals surface area contributed by atoms with E-state index < -0.39 is 36.4 Å². The fourth-order valence-electron chi connectivity index (χ4n) is 3.11. The van der Waals surface area contributed by atoms with Crippen LogP contribution in [0.1, 0.15) is 6.92 Å². The Bertz CT molecular complexity index is 785. The van der Waals surface area contributed by atoms with E-state index in [9.17, 15) is 24.0 Å². The lowest BCUT2D eigenvalue weighted by Gasteiger charge is -2.41. The molecule has 1 aromatic carbocycles. The van der Waals surface area contributed by atoms with Crippen LogP contribution < -0.4 is 15.1 Å². The van der Waals surface area contributed by atoms with E-state index in [2.05, 4.69) is 5.32 Å². The highest BCUT2D eigenvalue weighted by Gasteiger charge is 2.35. The molecule has 0 saturated carbocycles. The van der Waals surface area contributed by atoms with Crippen molar-refractivity contribution in [1.82, 2.24) is 10.4 Å². The molecule has 2 aliphatic heterocycles. The van der Waals surface area contributed by atoms with Gasteiger partial charge < -0.3 is 20.1 Å². The van der Waals surface area contributed by atoms with Crippen molar-refractivity contribution in [3.8, 4) is 0 Å². The second-order valence-corrected chi connectivity index (χ2v) is 6.68. The molecule has 0 aliphatic carbocycles. The zero-order valence-electron chi connectivity index (χ0n) is 15.2. The van der Waals surface area contributed by atoms with Crippen LogP contribution in [0.3, 0.4) is 0 Å². The van der Waals surface area contributed by atoms with Crippen molar-refractivity contribution < 1.29 is 33.8 Å². The molecule has 2 aliphatic rings. The number of aliphatic hydroxyl groups is 1. The Labute approximate surface area is 160 Å². The number of hydrogen-bond donors (Lipinski definition) is 3. The van der Waals surface area contributed by atoms with E-state index >= 15 is 0 Å². The van der Waals surface area contributed by atoms with Crippen LogP contribution in [0.5, 0.6) is 0 Å². The van der Waals surface area contributed by atoms with Crippen LogP contribution in [0.25, 0.3) is 0 Å². The van der Waals surface area contributed by atoms with Gasteiger partial charge in [0.1, 0.15) is 18.5 Å². The molecular weight excluding hydrogens is 375 g/mol. The average Bonchev–Trinajstić information content (AvgIpc) is 2.98. The number of nitrogens with zero attached hydrogens (tertiary/aromatic N) is 3. The van der Waals surface area contributed by atoms with E-state index in [1.807, 2.05) is 0 Å². The fourth-order valence-corrected chi connectivity index (χ4v) is 3.11. The third-order valence-corrected chi connectivity index (χ3v) is 4.59. The van der Waals surface area contributed by atoms with Crippen molar-refractivity contribution in [2.75, 3.05) is 42.6 Å². The lowest BCUT2D eigenvalue weighted by molar-refractivity contribution is -0.166. The summed E-state index contributed by atoms with van der Waals surface area (Å²) in [5, 5.41) is 21.2. The van der Waals surface area contributed by atoms with Gasteiger partial charge in [-0.2, -0.15) is 0 Å². The van der Waals surface area contributed by atoms with Crippen molar-refractivity contribution in [1.29, 1.82) is 0 Å². The first-order chi connectivity index (χ1) is 13.3. The molecule has 10 nitrogen and oxygen atoms in total. The number of benzene rings is 1. The molecule has 3 amide bonds. The molecule has 0 spiro atoms. The van der Waals surface area contributed by atoms with Crippen LogP contribution in [0.15, 0.2) is 18.2 Å². The third-order valence-electron chi connectivity index (χ3n) is 4.59. The maximum Gasteiger partial charge on any atom is 0.414 e. The smallest absolute Gasteiger partial charge is 0.414 e. The van der Waals surface area contributed by atoms with Gasteiger partial charge in [-0.05, 0) is 18.2 Å². The second-order valence-electron chi connectivity index (χ2n) is 6.68. The topological polar surface area (TPSA) is 123 Å². The summed E-state index contributed by atoms with van der Waals surface area (Å²) >= 11 is 0. The number of cyclic esters (lactones) is 1. The minimum absolute atomic E-state index is 0.0704. The standard InChI is InChI=1S/C17H21FN4O6/c1-10(24)22(27)8-13-7-21(17(26)28-13)12-2-3-15(14(18)4-12)20-5-11(6-20)19-16(25)9-23/h2-4,11,13,23,27H,5-9H2,1H3,(H,19,25)/t13-/m0/s1. The monoisotopic (exact) mass is 396 g/mol. The summed E-state index contributed by atoms with van der Waals surface area (Å²) in [6.07, 6.45) is -1.42. The number of ether oxygens (including phenoxy) is 1. The van der Waals surface area contributed by atoms with Crippen molar-refractivity contribution in [3.63, 3.8) is 0 Å². The molecule has 2 saturated heterocycles. The Balaban J connectivity index is 1.61. The first kappa shape index (κ1) is 19.8. The minimum Gasteiger partial charge on any atom is -0.442 e. The van der Waals surface area contributed by atoms with Crippen LogP contribution in [0.4, 0.5) is 20.6 Å². The summed E-state index contributed by atoms with van der Waals surface area (Å²) in [6.45, 7) is 1.30. The van der Waals surface area contributed by atoms with E-state index in [0.29, 0.717) is 29.5 Å². The molecule has 0 radical (unpaired) electrons. The number of rotatable bonds is 6. The van der Waals surface area contributed by atoms with E-state index in [1.54, 1.807) is 11.0 Å². The van der Waals surface area contributed by atoms with Gasteiger partial charge in [-0.1, -0.05) is 0 Å². The second kappa shape index (κ2) is 7.98. The summed E-state index contributed by atoms with van der Waals surface area (Å²) in [6, 6.07) is 4.16. The van der Waals surface area contributed by atoms with E-state index in [4.69, 9.17) is 9.84 Å². The fraction of sp³-hybridized carbons (Fsp3) is 0.471. The van der Waals surface area contributed by atoms with Gasteiger partial charge in [0.2, 0.25) is 11.8 Å². The lowest BCUT2D eigenvalue weighted by atomic mass is 10.1. The number of carbonyl (C=O) groups excluding carboxylic acids is 3. The van der Waals surface area contributed by atoms with Gasteiger partial charge in [-0.3, -0.25) is 19.7 Å². The zero-order chi connectivity index (χ0) is 20.4. The van der Waals surface area contributed by atoms with Gasteiger partial charge in [-0.25, -0.2) is 14.2 Å². The largest absolute Gasteiger partial charge is 0.442 e. The van der Waals surface area contributed by atoms with E-state index in [1.165, 1.54) is 24.0 Å². The van der Waals surface area contributed by atoms with E-state index in [-0.39, 0.29) is 19.1 Å². The molecule has 1 aromatic rings. The first-order valence-corrected chi connectivity index (χ1v) is 8.68. The quantitative estimate of drug-likeness (QED) is 0.445. The summed E-state index contributed by atoms with van der Waals surface area (Å²) in [5.74, 6) is -1.59. The summed E-state index contributed by atoms with van der Waals surface area (Å²) in [4.78, 5) is 37.2. The maximum atomic E-state index is 14.5. The van der Waals surface area contributed by atoms with Crippen molar-refractivity contribution >= 4 is 29.3 Å². The molecule has 11 heteroatoms. The SMILES string of the molecule is CC(=O)N(O)C[C@@H]1CN(c2ccc(N3CC(NC(=O)CO)C3)c(F)c2)C(=O)O1. The Morgan fingerprint density at radius 3 is 2.68 bits per heavy atom. The highest BCUT2D eigenvalue weighted by molar-refractivity contribution is 5.90. The van der Waals surface area contributed by atoms with E-state index in [0.717, 1.165) is 0 Å². The van der Waals surface area contributed by atoms with Gasteiger partial charge in [-0.15, -0.1) is 0 Å². The molecule has 1 atom stereocenters. The number of halogens is 1. The van der Waals surface area contributed by atoms with Crippen LogP contribution in [0, 0.1) is 5.82 Å². The predicted molar refractivity (Wildman–Crippen MR) is 94.4 cm³/mol. The highest BCUT2D eigenvalue weighted by Crippen LogP contribution is 2.30. The number of amides is 3. The average molecular weight is 396 g/mol. The molecule has 28 heavy (non-hydrogen) atoms. The lowest BCUT2D eigenvalue weighted by Crippen LogP contribution is -2.60. The van der Waals surface area contributed by atoms with Crippen molar-refractivity contribution in [2.24, 2.45) is 0 Å². The number of nitrogens with one attached hydrogen (secondary N) is 1. The molecule has 0 unspecified atom stereocenters. The van der Waals surface area contributed by atoms with Crippen LogP contribution in [-0.4, -0.2) is 78.2 Å². The van der Waals surface area contributed by atoms with Gasteiger partial charge in [0.15, 0.2) is 0 Å². The molecule has 2 heterocycles. The Morgan fingerprint density at radius 1 is 1.36 bits per heavy atom. The maximum absolute atomic E-state index is 14.5. The minimum atomic E-state index is -0.726. The van der Waals surface area contributed by atoms with Gasteiger partial charge in [0.05, 0.1) is 30.5 Å². The highest BCUT2D eigenvalue weighted by atomic mass is 19.1. The number of hydrogen-bond acceptors (Lipinski definition) is 7. The summed E-state index contributed by atoms with van der Waals surface area (Å²) in [7, 11) is 0. The van der Waals surface area contributed by atoms with Crippen LogP contribution in [-0.2, 0) is 14.3 Å². The normalized spacial score (nSPS) is 19.3. The molecule has 2 fully saturated rings. The number of hydroxylamine groups is 2. The number of carbonyl (C=O) groups is 3. The summed E-state index contributed by atoms with van der Waals surface area (Å²) in [5.41, 5.74) is 0.632. The molecule has 152 valence electrons. The van der Waals surface area contributed by atoms with Crippen molar-refractivity contribution in [2.45, 2.75) is 19.1 Å². The van der Waals surface area contributed by atoms with Crippen LogP contribution in [0.2, 0.25) is 0 Å². The number of aliphatic hydroxyl groups excluding tert-OH is 1. The summed E-state index contributed by atoms with van der Waals surface area (Å²) < 4.78 is 19.6. The molecule has 3 N–H and O–H groups in total. The molecular formula is C17H21FN4O6.